The number of benzene rings is 2. The van der Waals surface area contributed by atoms with Gasteiger partial charge in [0.2, 0.25) is 0 Å². The number of rotatable bonds is 8. The molecule has 11 heteroatoms. The molecule has 2 aromatic carbocycles. The number of carboxylic acids is 1. The van der Waals surface area contributed by atoms with Crippen molar-refractivity contribution in [2.75, 3.05) is 0 Å². The maximum Gasteiger partial charge on any atom is 0.416 e. The fourth-order valence-electron chi connectivity index (χ4n) is 3.23. The number of carbonyl (C=O) groups is 1. The van der Waals surface area contributed by atoms with Crippen LogP contribution in [0.15, 0.2) is 60.7 Å². The number of alkyl halides is 6. The van der Waals surface area contributed by atoms with Gasteiger partial charge in [0.1, 0.15) is 4.75 Å². The van der Waals surface area contributed by atoms with Gasteiger partial charge in [-0.2, -0.15) is 26.3 Å². The quantitative estimate of drug-likeness (QED) is 0.237. The number of hydrogen-bond acceptors (Lipinski definition) is 3. The molecule has 35 heavy (non-hydrogen) atoms. The highest BCUT2D eigenvalue weighted by Gasteiger charge is 2.39. The van der Waals surface area contributed by atoms with Gasteiger partial charge in [-0.05, 0) is 62.6 Å². The monoisotopic (exact) mass is 521 g/mol. The topological polar surface area (TPSA) is 63.6 Å². The Hall–Kier alpha value is -2.50. The summed E-state index contributed by atoms with van der Waals surface area (Å²) < 4.78 is 92.1. The lowest BCUT2D eigenvalue weighted by atomic mass is 10.0. The Bertz CT molecular complexity index is 1010. The van der Waals surface area contributed by atoms with Crippen molar-refractivity contribution < 1.29 is 40.8 Å². The van der Waals surface area contributed by atoms with E-state index >= 15 is 0 Å². The summed E-state index contributed by atoms with van der Waals surface area (Å²) in [4.78, 5) is 11.0. The van der Waals surface area contributed by atoms with Crippen LogP contribution in [0.1, 0.15) is 55.5 Å². The zero-order chi connectivity index (χ0) is 26.6. The van der Waals surface area contributed by atoms with Crippen LogP contribution in [0.3, 0.4) is 0 Å². The largest absolute Gasteiger partial charge is 0.597 e. The van der Waals surface area contributed by atoms with Crippen molar-refractivity contribution in [2.45, 2.75) is 56.9 Å². The van der Waals surface area contributed by atoms with E-state index in [9.17, 15) is 35.7 Å². The molecule has 0 saturated heterocycles. The lowest BCUT2D eigenvalue weighted by Gasteiger charge is -2.37. The maximum atomic E-state index is 13.5. The van der Waals surface area contributed by atoms with Crippen LogP contribution in [-0.4, -0.2) is 24.7 Å². The van der Waals surface area contributed by atoms with Gasteiger partial charge in [-0.1, -0.05) is 30.3 Å². The minimum atomic E-state index is -4.56. The molecule has 0 spiro atoms. The highest BCUT2D eigenvalue weighted by atomic mass is 32.2. The van der Waals surface area contributed by atoms with Gasteiger partial charge in [-0.25, -0.2) is 4.79 Å². The van der Waals surface area contributed by atoms with E-state index in [0.29, 0.717) is 11.1 Å². The molecule has 4 nitrogen and oxygen atoms in total. The molecule has 0 heterocycles. The van der Waals surface area contributed by atoms with Gasteiger partial charge in [0.25, 0.3) is 0 Å². The molecule has 0 aliphatic carbocycles. The van der Waals surface area contributed by atoms with Gasteiger partial charge in [0, 0.05) is 17.4 Å². The molecule has 2 aromatic rings. The van der Waals surface area contributed by atoms with Crippen molar-refractivity contribution in [2.24, 2.45) is 0 Å². The van der Waals surface area contributed by atoms with Crippen LogP contribution in [-0.2, 0) is 35.1 Å². The van der Waals surface area contributed by atoms with E-state index in [1.54, 1.807) is 20.8 Å². The number of nitrogens with zero attached hydrogens (tertiary/aromatic N) is 1. The second kappa shape index (κ2) is 11.0. The summed E-state index contributed by atoms with van der Waals surface area (Å²) in [6.07, 6.45) is -6.94. The third-order valence-corrected chi connectivity index (χ3v) is 6.80. The standard InChI is InChI=1S/C24H25F6NO3S/c1-22(2,3)35(34)31(15-16-7-11-18(12-8-16)23(25,26)27)20(5-4-6-21(32)33)17-9-13-19(14-10-17)24(28,29)30/h4,6-14,20H,5,15H2,1-3H3,(H,32,33)/b6-4+. The second-order valence-electron chi connectivity index (χ2n) is 8.74. The van der Waals surface area contributed by atoms with Gasteiger partial charge in [-0.15, -0.1) is 4.31 Å². The smallest absolute Gasteiger partial charge is 0.416 e. The van der Waals surface area contributed by atoms with Crippen molar-refractivity contribution >= 4 is 17.3 Å². The molecule has 0 saturated carbocycles. The van der Waals surface area contributed by atoms with Gasteiger partial charge < -0.3 is 9.66 Å². The Morgan fingerprint density at radius 3 is 1.80 bits per heavy atom. The molecule has 0 aromatic heterocycles. The number of halogens is 6. The van der Waals surface area contributed by atoms with Crippen LogP contribution < -0.4 is 0 Å². The van der Waals surface area contributed by atoms with Crippen molar-refractivity contribution in [1.29, 1.82) is 0 Å². The molecular formula is C24H25F6NO3S. The summed E-state index contributed by atoms with van der Waals surface area (Å²) in [5.41, 5.74) is -0.993. The second-order valence-corrected chi connectivity index (χ2v) is 10.9. The van der Waals surface area contributed by atoms with Gasteiger partial charge >= 0.3 is 18.3 Å². The first kappa shape index (κ1) is 28.7. The molecule has 0 aliphatic rings. The molecule has 0 amide bonds. The van der Waals surface area contributed by atoms with E-state index in [0.717, 1.165) is 30.3 Å². The summed E-state index contributed by atoms with van der Waals surface area (Å²) >= 11 is -1.76. The Morgan fingerprint density at radius 2 is 1.40 bits per heavy atom. The van der Waals surface area contributed by atoms with Crippen LogP contribution in [0.2, 0.25) is 0 Å². The Labute approximate surface area is 202 Å². The third-order valence-electron chi connectivity index (χ3n) is 4.95. The van der Waals surface area contributed by atoms with E-state index in [2.05, 4.69) is 0 Å². The van der Waals surface area contributed by atoms with Gasteiger partial charge in [-0.3, -0.25) is 0 Å². The van der Waals surface area contributed by atoms with Crippen LogP contribution >= 0.6 is 0 Å². The first-order valence-electron chi connectivity index (χ1n) is 10.4. The normalized spacial score (nSPS) is 14.9. The third kappa shape index (κ3) is 8.29. The molecule has 2 rings (SSSR count). The fourth-order valence-corrected chi connectivity index (χ4v) is 4.64. The predicted molar refractivity (Wildman–Crippen MR) is 120 cm³/mol. The minimum Gasteiger partial charge on any atom is -0.597 e. The molecular weight excluding hydrogens is 496 g/mol. The summed E-state index contributed by atoms with van der Waals surface area (Å²) in [5.74, 6) is -1.23. The molecule has 192 valence electrons. The SMILES string of the molecule is CC(C)(C)[S+]([O-])N(Cc1ccc(C(F)(F)F)cc1)C(C/C=C/C(=O)O)c1ccc(C(F)(F)F)cc1. The van der Waals surface area contributed by atoms with E-state index in [1.807, 2.05) is 0 Å². The highest BCUT2D eigenvalue weighted by molar-refractivity contribution is 7.90. The average molecular weight is 522 g/mol. The zero-order valence-electron chi connectivity index (χ0n) is 19.2. The molecule has 2 unspecified atom stereocenters. The molecule has 0 fully saturated rings. The molecule has 1 N–H and O–H groups in total. The molecule has 0 radical (unpaired) electrons. The van der Waals surface area contributed by atoms with Crippen LogP contribution in [0, 0.1) is 0 Å². The van der Waals surface area contributed by atoms with E-state index in [1.165, 1.54) is 34.6 Å². The van der Waals surface area contributed by atoms with Gasteiger partial charge in [0.15, 0.2) is 0 Å². The van der Waals surface area contributed by atoms with Crippen molar-refractivity contribution in [1.82, 2.24) is 4.31 Å². The van der Waals surface area contributed by atoms with Crippen LogP contribution in [0.25, 0.3) is 0 Å². The average Bonchev–Trinajstić information content (AvgIpc) is 2.73. The first-order chi connectivity index (χ1) is 16.0. The maximum absolute atomic E-state index is 13.5. The summed E-state index contributed by atoms with van der Waals surface area (Å²) in [5, 5.41) is 8.95. The first-order valence-corrected chi connectivity index (χ1v) is 11.5. The summed E-state index contributed by atoms with van der Waals surface area (Å²) in [6, 6.07) is 7.65. The minimum absolute atomic E-state index is 0.0138. The Morgan fingerprint density at radius 1 is 0.943 bits per heavy atom. The van der Waals surface area contributed by atoms with Gasteiger partial charge in [0.05, 0.1) is 23.7 Å². The summed E-state index contributed by atoms with van der Waals surface area (Å²) in [6.45, 7) is 4.95. The number of aliphatic carboxylic acids is 1. The van der Waals surface area contributed by atoms with E-state index < -0.39 is 51.6 Å². The molecule has 0 bridgehead atoms. The van der Waals surface area contributed by atoms with Crippen molar-refractivity contribution in [3.05, 3.63) is 82.9 Å². The van der Waals surface area contributed by atoms with E-state index in [4.69, 9.17) is 5.11 Å². The zero-order valence-corrected chi connectivity index (χ0v) is 20.0. The van der Waals surface area contributed by atoms with Crippen molar-refractivity contribution in [3.8, 4) is 0 Å². The lowest BCUT2D eigenvalue weighted by molar-refractivity contribution is -0.138. The molecule has 0 aliphatic heterocycles. The van der Waals surface area contributed by atoms with Crippen LogP contribution in [0.5, 0.6) is 0 Å². The number of carboxylic acid groups (broad SMARTS) is 1. The van der Waals surface area contributed by atoms with Crippen LogP contribution in [0.4, 0.5) is 26.3 Å². The van der Waals surface area contributed by atoms with E-state index in [-0.39, 0.29) is 13.0 Å². The fraction of sp³-hybridized carbons (Fsp3) is 0.375. The Balaban J connectivity index is 2.52. The summed E-state index contributed by atoms with van der Waals surface area (Å²) in [7, 11) is 0. The highest BCUT2D eigenvalue weighted by Crippen LogP contribution is 2.37. The number of hydrogen-bond donors (Lipinski definition) is 1. The predicted octanol–water partition coefficient (Wildman–Crippen LogP) is 6.76. The Kier molecular flexibility index (Phi) is 9.07. The lowest BCUT2D eigenvalue weighted by Crippen LogP contribution is -2.44. The van der Waals surface area contributed by atoms with Crippen molar-refractivity contribution in [3.63, 3.8) is 0 Å². The molecule has 2 atom stereocenters.